The number of fused-ring (bicyclic) bond motifs is 1. The van der Waals surface area contributed by atoms with Gasteiger partial charge in [0, 0.05) is 17.8 Å². The fourth-order valence-electron chi connectivity index (χ4n) is 2.24. The first-order valence-corrected chi connectivity index (χ1v) is 6.96. The maximum atomic E-state index is 12.1. The fraction of sp³-hybridized carbons (Fsp3) is 0.400. The van der Waals surface area contributed by atoms with Crippen molar-refractivity contribution in [3.05, 3.63) is 30.1 Å². The van der Waals surface area contributed by atoms with Crippen LogP contribution in [0.2, 0.25) is 0 Å². The highest BCUT2D eigenvalue weighted by Crippen LogP contribution is 2.16. The Morgan fingerprint density at radius 3 is 2.90 bits per heavy atom. The van der Waals surface area contributed by atoms with Gasteiger partial charge in [0.25, 0.3) is 0 Å². The molecule has 2 aromatic heterocycles. The molecule has 0 bridgehead atoms. The standard InChI is InChI=1S/C15H19N3O3/c1-3-9(2)13(15(20)21)18-12(19)7-10-8-17-14-11(10)5-4-6-16-14/h4-6,8-9,13H,3,7H2,1-2H3,(H,16,17)(H,18,19)(H,20,21). The number of amides is 1. The number of hydrogen-bond acceptors (Lipinski definition) is 3. The number of carbonyl (C=O) groups excluding carboxylic acids is 1. The molecule has 0 fully saturated rings. The van der Waals surface area contributed by atoms with Crippen LogP contribution < -0.4 is 5.32 Å². The van der Waals surface area contributed by atoms with Gasteiger partial charge in [-0.3, -0.25) is 4.79 Å². The molecule has 0 saturated heterocycles. The van der Waals surface area contributed by atoms with Crippen molar-refractivity contribution < 1.29 is 14.7 Å². The van der Waals surface area contributed by atoms with Crippen molar-refractivity contribution in [1.82, 2.24) is 15.3 Å². The Morgan fingerprint density at radius 2 is 2.24 bits per heavy atom. The van der Waals surface area contributed by atoms with Gasteiger partial charge in [0.2, 0.25) is 5.91 Å². The first-order chi connectivity index (χ1) is 10.0. The van der Waals surface area contributed by atoms with Crippen molar-refractivity contribution in [3.8, 4) is 0 Å². The number of carbonyl (C=O) groups is 2. The van der Waals surface area contributed by atoms with Gasteiger partial charge < -0.3 is 15.4 Å². The van der Waals surface area contributed by atoms with E-state index in [0.717, 1.165) is 16.6 Å². The van der Waals surface area contributed by atoms with Crippen LogP contribution in [0.3, 0.4) is 0 Å². The summed E-state index contributed by atoms with van der Waals surface area (Å²) in [5.41, 5.74) is 1.53. The highest BCUT2D eigenvalue weighted by Gasteiger charge is 2.25. The molecule has 0 aliphatic heterocycles. The Balaban J connectivity index is 2.09. The van der Waals surface area contributed by atoms with Crippen LogP contribution in [0.5, 0.6) is 0 Å². The summed E-state index contributed by atoms with van der Waals surface area (Å²) in [7, 11) is 0. The molecular weight excluding hydrogens is 270 g/mol. The van der Waals surface area contributed by atoms with Crippen LogP contribution in [0.15, 0.2) is 24.5 Å². The lowest BCUT2D eigenvalue weighted by Gasteiger charge is -2.20. The molecule has 2 heterocycles. The lowest BCUT2D eigenvalue weighted by Crippen LogP contribution is -2.45. The summed E-state index contributed by atoms with van der Waals surface area (Å²) in [6.07, 6.45) is 4.22. The van der Waals surface area contributed by atoms with Gasteiger partial charge >= 0.3 is 5.97 Å². The van der Waals surface area contributed by atoms with Gasteiger partial charge in [-0.1, -0.05) is 20.3 Å². The van der Waals surface area contributed by atoms with Gasteiger partial charge in [-0.25, -0.2) is 9.78 Å². The van der Waals surface area contributed by atoms with E-state index >= 15 is 0 Å². The Morgan fingerprint density at radius 1 is 1.48 bits per heavy atom. The first-order valence-electron chi connectivity index (χ1n) is 6.96. The average Bonchev–Trinajstić information content (AvgIpc) is 2.87. The van der Waals surface area contributed by atoms with E-state index in [1.165, 1.54) is 0 Å². The molecule has 0 aliphatic rings. The molecule has 112 valence electrons. The van der Waals surface area contributed by atoms with E-state index in [1.807, 2.05) is 19.9 Å². The molecule has 6 nitrogen and oxygen atoms in total. The third-order valence-electron chi connectivity index (χ3n) is 3.68. The van der Waals surface area contributed by atoms with Crippen molar-refractivity contribution in [3.63, 3.8) is 0 Å². The van der Waals surface area contributed by atoms with E-state index in [0.29, 0.717) is 6.42 Å². The Bertz CT molecular complexity index is 650. The molecule has 0 saturated carbocycles. The molecule has 1 amide bonds. The number of pyridine rings is 1. The lowest BCUT2D eigenvalue weighted by molar-refractivity contribution is -0.143. The van der Waals surface area contributed by atoms with Crippen LogP contribution in [0.4, 0.5) is 0 Å². The Hall–Kier alpha value is -2.37. The maximum Gasteiger partial charge on any atom is 0.326 e. The second-order valence-corrected chi connectivity index (χ2v) is 5.16. The molecule has 2 atom stereocenters. The summed E-state index contributed by atoms with van der Waals surface area (Å²) in [4.78, 5) is 30.5. The number of nitrogens with zero attached hydrogens (tertiary/aromatic N) is 1. The maximum absolute atomic E-state index is 12.1. The predicted octanol–water partition coefficient (Wildman–Crippen LogP) is 1.72. The molecular formula is C15H19N3O3. The number of rotatable bonds is 6. The van der Waals surface area contributed by atoms with Crippen LogP contribution in [0.1, 0.15) is 25.8 Å². The molecule has 2 unspecified atom stereocenters. The van der Waals surface area contributed by atoms with Crippen molar-refractivity contribution in [2.24, 2.45) is 5.92 Å². The SMILES string of the molecule is CCC(C)C(NC(=O)Cc1c[nH]c2ncccc12)C(=O)O. The fourth-order valence-corrected chi connectivity index (χ4v) is 2.24. The topological polar surface area (TPSA) is 95.1 Å². The zero-order valence-corrected chi connectivity index (χ0v) is 12.1. The average molecular weight is 289 g/mol. The number of hydrogen-bond donors (Lipinski definition) is 3. The smallest absolute Gasteiger partial charge is 0.326 e. The van der Waals surface area contributed by atoms with Crippen LogP contribution in [0.25, 0.3) is 11.0 Å². The zero-order valence-electron chi connectivity index (χ0n) is 12.1. The summed E-state index contributed by atoms with van der Waals surface area (Å²) in [5.74, 6) is -1.41. The molecule has 6 heteroatoms. The molecule has 2 rings (SSSR count). The Labute approximate surface area is 122 Å². The molecule has 21 heavy (non-hydrogen) atoms. The van der Waals surface area contributed by atoms with E-state index in [1.54, 1.807) is 18.5 Å². The number of aromatic nitrogens is 2. The number of aliphatic carboxylic acids is 1. The summed E-state index contributed by atoms with van der Waals surface area (Å²) in [6.45, 7) is 3.72. The van der Waals surface area contributed by atoms with E-state index in [9.17, 15) is 14.7 Å². The van der Waals surface area contributed by atoms with E-state index in [4.69, 9.17) is 0 Å². The van der Waals surface area contributed by atoms with Crippen molar-refractivity contribution >= 4 is 22.9 Å². The quantitative estimate of drug-likeness (QED) is 0.754. The highest BCUT2D eigenvalue weighted by molar-refractivity contribution is 5.89. The second kappa shape index (κ2) is 6.39. The number of nitrogens with one attached hydrogen (secondary N) is 2. The minimum Gasteiger partial charge on any atom is -0.480 e. The van der Waals surface area contributed by atoms with E-state index in [2.05, 4.69) is 15.3 Å². The van der Waals surface area contributed by atoms with Crippen molar-refractivity contribution in [2.75, 3.05) is 0 Å². The van der Waals surface area contributed by atoms with E-state index in [-0.39, 0.29) is 18.2 Å². The highest BCUT2D eigenvalue weighted by atomic mass is 16.4. The van der Waals surface area contributed by atoms with Gasteiger partial charge in [0.05, 0.1) is 6.42 Å². The minimum absolute atomic E-state index is 0.115. The third kappa shape index (κ3) is 3.39. The largest absolute Gasteiger partial charge is 0.480 e. The van der Waals surface area contributed by atoms with Crippen LogP contribution in [-0.2, 0) is 16.0 Å². The van der Waals surface area contributed by atoms with Crippen molar-refractivity contribution in [1.29, 1.82) is 0 Å². The molecule has 2 aromatic rings. The van der Waals surface area contributed by atoms with Gasteiger partial charge in [0.1, 0.15) is 11.7 Å². The molecule has 0 aliphatic carbocycles. The number of H-pyrrole nitrogens is 1. The van der Waals surface area contributed by atoms with Crippen molar-refractivity contribution in [2.45, 2.75) is 32.7 Å². The summed E-state index contributed by atoms with van der Waals surface area (Å²) in [5, 5.41) is 12.7. The number of carboxylic acids is 1. The van der Waals surface area contributed by atoms with Crippen LogP contribution in [0, 0.1) is 5.92 Å². The third-order valence-corrected chi connectivity index (χ3v) is 3.68. The van der Waals surface area contributed by atoms with Gasteiger partial charge in [-0.15, -0.1) is 0 Å². The van der Waals surface area contributed by atoms with Gasteiger partial charge in [0.15, 0.2) is 0 Å². The first kappa shape index (κ1) is 15.0. The monoisotopic (exact) mass is 289 g/mol. The van der Waals surface area contributed by atoms with E-state index < -0.39 is 12.0 Å². The molecule has 0 radical (unpaired) electrons. The summed E-state index contributed by atoms with van der Waals surface area (Å²) < 4.78 is 0. The zero-order chi connectivity index (χ0) is 15.4. The minimum atomic E-state index is -1.00. The molecule has 0 spiro atoms. The second-order valence-electron chi connectivity index (χ2n) is 5.16. The van der Waals surface area contributed by atoms with Gasteiger partial charge in [-0.05, 0) is 23.6 Å². The van der Waals surface area contributed by atoms with Gasteiger partial charge in [-0.2, -0.15) is 0 Å². The molecule has 3 N–H and O–H groups in total. The normalized spacial score (nSPS) is 13.8. The number of carboxylic acid groups (broad SMARTS) is 1. The number of aromatic amines is 1. The molecule has 0 aromatic carbocycles. The summed E-state index contributed by atoms with van der Waals surface area (Å²) in [6, 6.07) is 2.83. The lowest BCUT2D eigenvalue weighted by atomic mass is 9.99. The Kier molecular flexibility index (Phi) is 4.57. The summed E-state index contributed by atoms with van der Waals surface area (Å²) >= 11 is 0. The predicted molar refractivity (Wildman–Crippen MR) is 78.8 cm³/mol. The van der Waals surface area contributed by atoms with Crippen LogP contribution >= 0.6 is 0 Å². The van der Waals surface area contributed by atoms with Crippen LogP contribution in [-0.4, -0.2) is 33.0 Å².